The fourth-order valence-electron chi connectivity index (χ4n) is 4.77. The van der Waals surface area contributed by atoms with Crippen molar-refractivity contribution in [3.8, 4) is 0 Å². The first-order chi connectivity index (χ1) is 13.9. The van der Waals surface area contributed by atoms with E-state index in [-0.39, 0.29) is 25.9 Å². The number of carbonyl (C=O) groups is 4. The molecule has 3 aliphatic carbocycles. The van der Waals surface area contributed by atoms with Gasteiger partial charge in [0.2, 0.25) is 0 Å². The smallest absolute Gasteiger partial charge is 0.306 e. The molecule has 0 bridgehead atoms. The number of ether oxygens (including phenoxy) is 2. The fourth-order valence-corrected chi connectivity index (χ4v) is 4.77. The van der Waals surface area contributed by atoms with Gasteiger partial charge in [0.05, 0.1) is 5.41 Å². The largest absolute Gasteiger partial charge is 0.481 e. The maximum Gasteiger partial charge on any atom is 0.306 e. The number of hydrogen-bond donors (Lipinski definition) is 2. The van der Waals surface area contributed by atoms with Crippen LogP contribution in [-0.2, 0) is 28.7 Å². The van der Waals surface area contributed by atoms with Crippen LogP contribution < -0.4 is 0 Å². The zero-order valence-corrected chi connectivity index (χ0v) is 17.7. The van der Waals surface area contributed by atoms with Gasteiger partial charge in [-0.25, -0.2) is 0 Å². The van der Waals surface area contributed by atoms with E-state index in [2.05, 4.69) is 0 Å². The van der Waals surface area contributed by atoms with Crippen LogP contribution in [0, 0.1) is 10.8 Å². The van der Waals surface area contributed by atoms with Crippen LogP contribution in [-0.4, -0.2) is 52.2 Å². The SMILES string of the molecule is CC(=O)OCC1(C)C=C2C(=O)C(C)(O)C3(CC3)C(C)=C2C1OC(=O)CCCC(=O)O. The van der Waals surface area contributed by atoms with Gasteiger partial charge >= 0.3 is 17.9 Å². The average molecular weight is 420 g/mol. The van der Waals surface area contributed by atoms with Crippen molar-refractivity contribution in [2.24, 2.45) is 10.8 Å². The van der Waals surface area contributed by atoms with Gasteiger partial charge in [-0.2, -0.15) is 0 Å². The van der Waals surface area contributed by atoms with Gasteiger partial charge in [-0.1, -0.05) is 11.6 Å². The quantitative estimate of drug-likeness (QED) is 0.600. The van der Waals surface area contributed by atoms with Crippen LogP contribution in [0.3, 0.4) is 0 Å². The van der Waals surface area contributed by atoms with Crippen molar-refractivity contribution in [2.45, 2.75) is 71.5 Å². The lowest BCUT2D eigenvalue weighted by Gasteiger charge is -2.40. The minimum Gasteiger partial charge on any atom is -0.481 e. The van der Waals surface area contributed by atoms with Gasteiger partial charge in [-0.05, 0) is 40.0 Å². The molecule has 164 valence electrons. The first-order valence-corrected chi connectivity index (χ1v) is 10.1. The topological polar surface area (TPSA) is 127 Å². The Morgan fingerprint density at radius 1 is 1.20 bits per heavy atom. The lowest BCUT2D eigenvalue weighted by atomic mass is 9.67. The van der Waals surface area contributed by atoms with Gasteiger partial charge in [0.1, 0.15) is 18.3 Å². The molecule has 0 saturated heterocycles. The molecule has 8 nitrogen and oxygen atoms in total. The van der Waals surface area contributed by atoms with Crippen LogP contribution in [0.25, 0.3) is 0 Å². The van der Waals surface area contributed by atoms with E-state index in [9.17, 15) is 24.3 Å². The number of aliphatic carboxylic acids is 1. The highest BCUT2D eigenvalue weighted by molar-refractivity contribution is 6.09. The lowest BCUT2D eigenvalue weighted by molar-refractivity contribution is -0.155. The van der Waals surface area contributed by atoms with Crippen molar-refractivity contribution in [3.63, 3.8) is 0 Å². The Kier molecular flexibility index (Phi) is 5.43. The molecule has 30 heavy (non-hydrogen) atoms. The molecule has 8 heteroatoms. The Labute approximate surface area is 174 Å². The highest BCUT2D eigenvalue weighted by Crippen LogP contribution is 2.65. The fraction of sp³-hybridized carbons (Fsp3) is 0.636. The summed E-state index contributed by atoms with van der Waals surface area (Å²) in [6, 6.07) is 0. The molecule has 0 aromatic carbocycles. The summed E-state index contributed by atoms with van der Waals surface area (Å²) in [7, 11) is 0. The summed E-state index contributed by atoms with van der Waals surface area (Å²) in [5, 5.41) is 19.8. The van der Waals surface area contributed by atoms with E-state index in [1.807, 2.05) is 6.92 Å². The summed E-state index contributed by atoms with van der Waals surface area (Å²) in [6.45, 7) is 6.28. The van der Waals surface area contributed by atoms with Gasteiger partial charge in [0.25, 0.3) is 0 Å². The number of ketones is 1. The maximum atomic E-state index is 13.2. The molecule has 0 aliphatic heterocycles. The van der Waals surface area contributed by atoms with Gasteiger partial charge < -0.3 is 19.7 Å². The average Bonchev–Trinajstić information content (AvgIpc) is 3.40. The zero-order chi connectivity index (χ0) is 22.5. The third-order valence-electron chi connectivity index (χ3n) is 6.72. The molecule has 3 aliphatic rings. The highest BCUT2D eigenvalue weighted by Gasteiger charge is 2.67. The van der Waals surface area contributed by atoms with Crippen LogP contribution in [0.15, 0.2) is 22.8 Å². The Bertz CT molecular complexity index is 874. The molecule has 0 aromatic heterocycles. The Balaban J connectivity index is 1.97. The summed E-state index contributed by atoms with van der Waals surface area (Å²) < 4.78 is 11.0. The standard InChI is InChI=1S/C22H28O8/c1-12-17-14(18(27)21(4,28)22(12)8-9-22)10-20(3,11-29-13(2)23)19(17)30-16(26)7-5-6-15(24)25/h10,19,28H,5-9,11H2,1-4H3,(H,24,25). The predicted octanol–water partition coefficient (Wildman–Crippen LogP) is 2.09. The second-order valence-corrected chi connectivity index (χ2v) is 8.98. The highest BCUT2D eigenvalue weighted by atomic mass is 16.6. The lowest BCUT2D eigenvalue weighted by Crippen LogP contribution is -2.50. The molecule has 0 heterocycles. The number of carboxylic acids is 1. The second-order valence-electron chi connectivity index (χ2n) is 8.98. The number of carboxylic acid groups (broad SMARTS) is 1. The molecule has 3 unspecified atom stereocenters. The minimum absolute atomic E-state index is 0.0785. The van der Waals surface area contributed by atoms with E-state index in [1.54, 1.807) is 13.0 Å². The number of fused-ring (bicyclic) bond motifs is 1. The van der Waals surface area contributed by atoms with Gasteiger partial charge in [-0.15, -0.1) is 0 Å². The van der Waals surface area contributed by atoms with E-state index in [0.717, 1.165) is 5.57 Å². The van der Waals surface area contributed by atoms with Gasteiger partial charge in [0.15, 0.2) is 5.78 Å². The molecule has 2 N–H and O–H groups in total. The van der Waals surface area contributed by atoms with Crippen LogP contribution in [0.5, 0.6) is 0 Å². The number of Topliss-reactive ketones (excluding diaryl/α,β-unsaturated/α-hetero) is 1. The van der Waals surface area contributed by atoms with E-state index < -0.39 is 46.2 Å². The van der Waals surface area contributed by atoms with Crippen molar-refractivity contribution in [2.75, 3.05) is 6.61 Å². The molecule has 0 radical (unpaired) electrons. The molecular weight excluding hydrogens is 392 g/mol. The van der Waals surface area contributed by atoms with E-state index in [4.69, 9.17) is 14.6 Å². The van der Waals surface area contributed by atoms with Gasteiger partial charge in [0, 0.05) is 36.3 Å². The first kappa shape index (κ1) is 22.2. The number of carbonyl (C=O) groups excluding carboxylic acids is 3. The normalized spacial score (nSPS) is 31.3. The summed E-state index contributed by atoms with van der Waals surface area (Å²) >= 11 is 0. The summed E-state index contributed by atoms with van der Waals surface area (Å²) in [5.41, 5.74) is -1.51. The molecule has 3 rings (SSSR count). The first-order valence-electron chi connectivity index (χ1n) is 10.1. The number of aliphatic hydroxyl groups is 1. The Morgan fingerprint density at radius 3 is 2.37 bits per heavy atom. The van der Waals surface area contributed by atoms with Crippen LogP contribution in [0.1, 0.15) is 59.8 Å². The zero-order valence-electron chi connectivity index (χ0n) is 17.7. The molecular formula is C22H28O8. The monoisotopic (exact) mass is 420 g/mol. The third kappa shape index (κ3) is 3.47. The van der Waals surface area contributed by atoms with E-state index in [0.29, 0.717) is 24.0 Å². The molecule has 1 saturated carbocycles. The Morgan fingerprint density at radius 2 is 1.83 bits per heavy atom. The number of hydrogen-bond acceptors (Lipinski definition) is 7. The number of rotatable bonds is 7. The van der Waals surface area contributed by atoms with Crippen molar-refractivity contribution in [3.05, 3.63) is 22.8 Å². The van der Waals surface area contributed by atoms with Crippen LogP contribution in [0.4, 0.5) is 0 Å². The van der Waals surface area contributed by atoms with Crippen molar-refractivity contribution in [1.29, 1.82) is 0 Å². The Hall–Kier alpha value is -2.48. The number of esters is 2. The molecule has 3 atom stereocenters. The molecule has 0 amide bonds. The third-order valence-corrected chi connectivity index (χ3v) is 6.72. The van der Waals surface area contributed by atoms with Gasteiger partial charge in [-0.3, -0.25) is 19.2 Å². The summed E-state index contributed by atoms with van der Waals surface area (Å²) in [4.78, 5) is 47.8. The van der Waals surface area contributed by atoms with Crippen LogP contribution >= 0.6 is 0 Å². The predicted molar refractivity (Wildman–Crippen MR) is 104 cm³/mol. The second kappa shape index (κ2) is 7.34. The molecule has 1 spiro atoms. The summed E-state index contributed by atoms with van der Waals surface area (Å²) in [6.07, 6.45) is 2.00. The van der Waals surface area contributed by atoms with Crippen molar-refractivity contribution < 1.29 is 38.9 Å². The van der Waals surface area contributed by atoms with Crippen molar-refractivity contribution >= 4 is 23.7 Å². The van der Waals surface area contributed by atoms with Crippen molar-refractivity contribution in [1.82, 2.24) is 0 Å². The molecule has 0 aromatic rings. The minimum atomic E-state index is -1.55. The van der Waals surface area contributed by atoms with Crippen LogP contribution in [0.2, 0.25) is 0 Å². The maximum absolute atomic E-state index is 13.2. The molecule has 1 fully saturated rings. The van der Waals surface area contributed by atoms with E-state index >= 15 is 0 Å². The summed E-state index contributed by atoms with van der Waals surface area (Å²) in [5.74, 6) is -2.50. The van der Waals surface area contributed by atoms with E-state index in [1.165, 1.54) is 13.8 Å².